The predicted molar refractivity (Wildman–Crippen MR) is 64.3 cm³/mol. The maximum Gasteiger partial charge on any atom is 0.120 e. The van der Waals surface area contributed by atoms with Crippen LogP contribution in [0.1, 0.15) is 6.42 Å². The zero-order valence-corrected chi connectivity index (χ0v) is 10.2. The van der Waals surface area contributed by atoms with Crippen molar-refractivity contribution in [1.82, 2.24) is 0 Å². The van der Waals surface area contributed by atoms with Crippen molar-refractivity contribution in [1.29, 1.82) is 0 Å². The number of methoxy groups -OCH3 is 1. The van der Waals surface area contributed by atoms with Crippen molar-refractivity contribution >= 4 is 11.6 Å². The number of halogens is 1. The summed E-state index contributed by atoms with van der Waals surface area (Å²) in [4.78, 5) is 0. The SMILES string of the molecule is COCCOCCCOc1cccc(Cl)c1. The van der Waals surface area contributed by atoms with Gasteiger partial charge < -0.3 is 14.2 Å². The van der Waals surface area contributed by atoms with Crippen LogP contribution in [0.4, 0.5) is 0 Å². The summed E-state index contributed by atoms with van der Waals surface area (Å²) in [6.07, 6.45) is 0.857. The fraction of sp³-hybridized carbons (Fsp3) is 0.500. The van der Waals surface area contributed by atoms with Gasteiger partial charge in [0.15, 0.2) is 0 Å². The molecule has 1 aromatic rings. The summed E-state index contributed by atoms with van der Waals surface area (Å²) in [6, 6.07) is 7.38. The smallest absolute Gasteiger partial charge is 0.120 e. The molecule has 0 fully saturated rings. The van der Waals surface area contributed by atoms with Gasteiger partial charge in [0.05, 0.1) is 19.8 Å². The van der Waals surface area contributed by atoms with E-state index in [-0.39, 0.29) is 0 Å². The van der Waals surface area contributed by atoms with E-state index in [9.17, 15) is 0 Å². The molecule has 0 spiro atoms. The Morgan fingerprint density at radius 1 is 1.12 bits per heavy atom. The second-order valence-corrected chi connectivity index (χ2v) is 3.70. The van der Waals surface area contributed by atoms with E-state index in [2.05, 4.69) is 0 Å². The standard InChI is InChI=1S/C12H17ClO3/c1-14-8-9-15-6-3-7-16-12-5-2-4-11(13)10-12/h2,4-5,10H,3,6-9H2,1H3. The number of hydrogen-bond acceptors (Lipinski definition) is 3. The molecule has 0 saturated carbocycles. The number of rotatable bonds is 8. The summed E-state index contributed by atoms with van der Waals surface area (Å²) in [7, 11) is 1.66. The second kappa shape index (κ2) is 8.39. The lowest BCUT2D eigenvalue weighted by Gasteiger charge is -2.06. The van der Waals surface area contributed by atoms with Crippen LogP contribution in [-0.2, 0) is 9.47 Å². The van der Waals surface area contributed by atoms with Crippen molar-refractivity contribution in [2.24, 2.45) is 0 Å². The first-order valence-corrected chi connectivity index (χ1v) is 5.66. The molecule has 4 heteroatoms. The third kappa shape index (κ3) is 5.95. The van der Waals surface area contributed by atoms with Crippen LogP contribution in [0.3, 0.4) is 0 Å². The lowest BCUT2D eigenvalue weighted by atomic mass is 10.3. The third-order valence-corrected chi connectivity index (χ3v) is 2.16. The van der Waals surface area contributed by atoms with Crippen LogP contribution in [0.2, 0.25) is 5.02 Å². The highest BCUT2D eigenvalue weighted by molar-refractivity contribution is 6.30. The molecule has 0 N–H and O–H groups in total. The van der Waals surface area contributed by atoms with Crippen LogP contribution in [-0.4, -0.2) is 33.5 Å². The molecule has 0 aliphatic rings. The molecule has 0 atom stereocenters. The minimum Gasteiger partial charge on any atom is -0.493 e. The van der Waals surface area contributed by atoms with Gasteiger partial charge in [-0.2, -0.15) is 0 Å². The molecule has 0 unspecified atom stereocenters. The average Bonchev–Trinajstić information content (AvgIpc) is 2.28. The topological polar surface area (TPSA) is 27.7 Å². The maximum atomic E-state index is 5.82. The van der Waals surface area contributed by atoms with Crippen molar-refractivity contribution in [3.8, 4) is 5.75 Å². The van der Waals surface area contributed by atoms with Crippen molar-refractivity contribution in [3.05, 3.63) is 29.3 Å². The van der Waals surface area contributed by atoms with E-state index >= 15 is 0 Å². The van der Waals surface area contributed by atoms with Gasteiger partial charge in [0.2, 0.25) is 0 Å². The Bertz CT molecular complexity index is 291. The van der Waals surface area contributed by atoms with E-state index in [4.69, 9.17) is 25.8 Å². The zero-order chi connectivity index (χ0) is 11.6. The van der Waals surface area contributed by atoms with Gasteiger partial charge in [0.1, 0.15) is 5.75 Å². The highest BCUT2D eigenvalue weighted by Gasteiger charge is 1.95. The van der Waals surface area contributed by atoms with E-state index < -0.39 is 0 Å². The van der Waals surface area contributed by atoms with Gasteiger partial charge >= 0.3 is 0 Å². The fourth-order valence-corrected chi connectivity index (χ4v) is 1.33. The van der Waals surface area contributed by atoms with Crippen molar-refractivity contribution in [2.75, 3.05) is 33.5 Å². The van der Waals surface area contributed by atoms with Gasteiger partial charge in [-0.05, 0) is 18.2 Å². The quantitative estimate of drug-likeness (QED) is 0.658. The Morgan fingerprint density at radius 2 is 2.00 bits per heavy atom. The highest BCUT2D eigenvalue weighted by atomic mass is 35.5. The highest BCUT2D eigenvalue weighted by Crippen LogP contribution is 2.16. The van der Waals surface area contributed by atoms with E-state index in [0.29, 0.717) is 31.5 Å². The molecule has 3 nitrogen and oxygen atoms in total. The summed E-state index contributed by atoms with van der Waals surface area (Å²) >= 11 is 5.82. The van der Waals surface area contributed by atoms with Crippen molar-refractivity contribution in [2.45, 2.75) is 6.42 Å². The van der Waals surface area contributed by atoms with Crippen molar-refractivity contribution < 1.29 is 14.2 Å². The second-order valence-electron chi connectivity index (χ2n) is 3.26. The number of benzene rings is 1. The van der Waals surface area contributed by atoms with E-state index in [0.717, 1.165) is 12.2 Å². The normalized spacial score (nSPS) is 10.4. The summed E-state index contributed by atoms with van der Waals surface area (Å²) in [5.41, 5.74) is 0. The van der Waals surface area contributed by atoms with Crippen LogP contribution in [0.5, 0.6) is 5.75 Å². The van der Waals surface area contributed by atoms with Crippen LogP contribution in [0.25, 0.3) is 0 Å². The molecule has 90 valence electrons. The predicted octanol–water partition coefficient (Wildman–Crippen LogP) is 2.77. The summed E-state index contributed by atoms with van der Waals surface area (Å²) in [5.74, 6) is 0.796. The zero-order valence-electron chi connectivity index (χ0n) is 9.45. The molecule has 16 heavy (non-hydrogen) atoms. The maximum absolute atomic E-state index is 5.82. The molecule has 0 saturated heterocycles. The molecule has 0 amide bonds. The number of hydrogen-bond donors (Lipinski definition) is 0. The molecular weight excluding hydrogens is 228 g/mol. The first-order valence-electron chi connectivity index (χ1n) is 5.28. The Labute approximate surface area is 101 Å². The molecule has 0 aliphatic heterocycles. The van der Waals surface area contributed by atoms with Gasteiger partial charge in [0, 0.05) is 25.2 Å². The molecule has 0 radical (unpaired) electrons. The molecule has 0 aromatic heterocycles. The summed E-state index contributed by atoms with van der Waals surface area (Å²) in [5, 5.41) is 0.689. The third-order valence-electron chi connectivity index (χ3n) is 1.93. The van der Waals surface area contributed by atoms with Crippen LogP contribution in [0.15, 0.2) is 24.3 Å². The van der Waals surface area contributed by atoms with Crippen LogP contribution in [0, 0.1) is 0 Å². The van der Waals surface area contributed by atoms with Gasteiger partial charge in [-0.3, -0.25) is 0 Å². The van der Waals surface area contributed by atoms with Crippen molar-refractivity contribution in [3.63, 3.8) is 0 Å². The summed E-state index contributed by atoms with van der Waals surface area (Å²) < 4.78 is 15.7. The fourth-order valence-electron chi connectivity index (χ4n) is 1.15. The first kappa shape index (κ1) is 13.3. The van der Waals surface area contributed by atoms with Gasteiger partial charge in [0.25, 0.3) is 0 Å². The molecule has 1 rings (SSSR count). The van der Waals surface area contributed by atoms with Gasteiger partial charge in [-0.1, -0.05) is 17.7 Å². The number of ether oxygens (including phenoxy) is 3. The van der Waals surface area contributed by atoms with Crippen LogP contribution >= 0.6 is 11.6 Å². The van der Waals surface area contributed by atoms with Crippen LogP contribution < -0.4 is 4.74 Å². The van der Waals surface area contributed by atoms with E-state index in [1.165, 1.54) is 0 Å². The van der Waals surface area contributed by atoms with Gasteiger partial charge in [-0.15, -0.1) is 0 Å². The van der Waals surface area contributed by atoms with Gasteiger partial charge in [-0.25, -0.2) is 0 Å². The Balaban J connectivity index is 2.03. The average molecular weight is 245 g/mol. The Kier molecular flexibility index (Phi) is 6.97. The minimum absolute atomic E-state index is 0.632. The molecule has 0 bridgehead atoms. The molecular formula is C12H17ClO3. The van der Waals surface area contributed by atoms with E-state index in [1.54, 1.807) is 13.2 Å². The minimum atomic E-state index is 0.632. The molecule has 0 aliphatic carbocycles. The lowest BCUT2D eigenvalue weighted by molar-refractivity contribution is 0.0644. The van der Waals surface area contributed by atoms with E-state index in [1.807, 2.05) is 18.2 Å². The largest absolute Gasteiger partial charge is 0.493 e. The molecule has 1 aromatic carbocycles. The first-order chi connectivity index (χ1) is 7.83. The molecule has 0 heterocycles. The Morgan fingerprint density at radius 3 is 2.75 bits per heavy atom. The monoisotopic (exact) mass is 244 g/mol. The lowest BCUT2D eigenvalue weighted by Crippen LogP contribution is -2.06. The summed E-state index contributed by atoms with van der Waals surface area (Å²) in [6.45, 7) is 2.58. The Hall–Kier alpha value is -0.770.